The molecule has 18 heavy (non-hydrogen) atoms. The van der Waals surface area contributed by atoms with Crippen LogP contribution in [0.15, 0.2) is 0 Å². The van der Waals surface area contributed by atoms with Gasteiger partial charge in [0, 0.05) is 19.5 Å². The van der Waals surface area contributed by atoms with Crippen molar-refractivity contribution < 1.29 is 23.1 Å². The molecule has 0 bridgehead atoms. The van der Waals surface area contributed by atoms with E-state index in [9.17, 15) is 23.1 Å². The summed E-state index contributed by atoms with van der Waals surface area (Å²) < 4.78 is 37.9. The Labute approximate surface area is 105 Å². The minimum Gasteiger partial charge on any atom is -0.392 e. The lowest BCUT2D eigenvalue weighted by atomic mass is 9.80. The maximum absolute atomic E-state index is 12.6. The summed E-state index contributed by atoms with van der Waals surface area (Å²) >= 11 is 0. The predicted molar refractivity (Wildman–Crippen MR) is 60.8 cm³/mol. The van der Waals surface area contributed by atoms with Crippen molar-refractivity contribution in [3.8, 4) is 0 Å². The third-order valence-electron chi connectivity index (χ3n) is 3.40. The fourth-order valence-corrected chi connectivity index (χ4v) is 2.51. The quantitative estimate of drug-likeness (QED) is 0.851. The van der Waals surface area contributed by atoms with E-state index in [1.807, 2.05) is 0 Å². The summed E-state index contributed by atoms with van der Waals surface area (Å²) in [5.74, 6) is -2.21. The van der Waals surface area contributed by atoms with E-state index < -0.39 is 24.1 Å². The molecule has 0 aliphatic heterocycles. The molecule has 1 fully saturated rings. The zero-order valence-electron chi connectivity index (χ0n) is 10.7. The van der Waals surface area contributed by atoms with Gasteiger partial charge in [0.1, 0.15) is 0 Å². The van der Waals surface area contributed by atoms with E-state index in [1.54, 1.807) is 6.92 Å². The molecule has 1 aliphatic rings. The summed E-state index contributed by atoms with van der Waals surface area (Å²) in [6, 6.07) is 0. The number of carbonyl (C=O) groups excluding carboxylic acids is 1. The first-order chi connectivity index (χ1) is 8.21. The highest BCUT2D eigenvalue weighted by atomic mass is 19.4. The predicted octanol–water partition coefficient (Wildman–Crippen LogP) is 2.19. The Morgan fingerprint density at radius 1 is 1.44 bits per heavy atom. The van der Waals surface area contributed by atoms with Crippen LogP contribution in [0.25, 0.3) is 0 Å². The third kappa shape index (κ3) is 4.15. The van der Waals surface area contributed by atoms with Gasteiger partial charge in [-0.2, -0.15) is 13.2 Å². The van der Waals surface area contributed by atoms with Gasteiger partial charge < -0.3 is 10.0 Å². The summed E-state index contributed by atoms with van der Waals surface area (Å²) in [5, 5.41) is 9.18. The average molecular weight is 267 g/mol. The second-order valence-corrected chi connectivity index (χ2v) is 5.17. The third-order valence-corrected chi connectivity index (χ3v) is 3.40. The minimum absolute atomic E-state index is 0.118. The standard InChI is InChI=1S/C12H20F3NO2/c1-8(17)7-16(2)11(18)9-4-3-5-10(6-9)12(13,14)15/h8-10,17H,3-7H2,1-2H3. The first kappa shape index (κ1) is 15.3. The topological polar surface area (TPSA) is 40.5 Å². The summed E-state index contributed by atoms with van der Waals surface area (Å²) in [4.78, 5) is 13.3. The van der Waals surface area contributed by atoms with E-state index >= 15 is 0 Å². The molecule has 0 aromatic heterocycles. The molecule has 0 aromatic carbocycles. The van der Waals surface area contributed by atoms with E-state index in [-0.39, 0.29) is 25.3 Å². The highest BCUT2D eigenvalue weighted by Gasteiger charge is 2.43. The van der Waals surface area contributed by atoms with Crippen molar-refractivity contribution in [2.45, 2.75) is 44.9 Å². The van der Waals surface area contributed by atoms with Crippen molar-refractivity contribution in [2.24, 2.45) is 11.8 Å². The zero-order valence-corrected chi connectivity index (χ0v) is 10.7. The fraction of sp³-hybridized carbons (Fsp3) is 0.917. The number of likely N-dealkylation sites (N-methyl/N-ethyl adjacent to an activating group) is 1. The monoisotopic (exact) mass is 267 g/mol. The summed E-state index contributed by atoms with van der Waals surface area (Å²) in [6.45, 7) is 1.70. The lowest BCUT2D eigenvalue weighted by molar-refractivity contribution is -0.187. The number of halogens is 3. The van der Waals surface area contributed by atoms with Gasteiger partial charge in [-0.25, -0.2) is 0 Å². The van der Waals surface area contributed by atoms with Crippen molar-refractivity contribution in [1.82, 2.24) is 4.90 Å². The maximum Gasteiger partial charge on any atom is 0.391 e. The zero-order chi connectivity index (χ0) is 13.9. The Kier molecular flexibility index (Phi) is 5.01. The lowest BCUT2D eigenvalue weighted by Gasteiger charge is -2.32. The number of hydrogen-bond acceptors (Lipinski definition) is 2. The van der Waals surface area contributed by atoms with Crippen LogP contribution in [-0.2, 0) is 4.79 Å². The normalized spacial score (nSPS) is 26.8. The van der Waals surface area contributed by atoms with Gasteiger partial charge in [0.25, 0.3) is 0 Å². The van der Waals surface area contributed by atoms with Crippen LogP contribution in [0.2, 0.25) is 0 Å². The largest absolute Gasteiger partial charge is 0.392 e. The van der Waals surface area contributed by atoms with Crippen LogP contribution in [-0.4, -0.2) is 41.8 Å². The molecule has 1 rings (SSSR count). The number of carbonyl (C=O) groups is 1. The number of nitrogens with zero attached hydrogens (tertiary/aromatic N) is 1. The molecule has 1 amide bonds. The molecule has 0 spiro atoms. The SMILES string of the molecule is CC(O)CN(C)C(=O)C1CCCC(C(F)(F)F)C1. The van der Waals surface area contributed by atoms with Gasteiger partial charge in [-0.1, -0.05) is 6.42 Å². The van der Waals surface area contributed by atoms with E-state index in [0.29, 0.717) is 12.8 Å². The second kappa shape index (κ2) is 5.91. The molecule has 3 nitrogen and oxygen atoms in total. The number of amides is 1. The van der Waals surface area contributed by atoms with Crippen LogP contribution in [0.5, 0.6) is 0 Å². The Bertz CT molecular complexity index is 292. The molecule has 6 heteroatoms. The van der Waals surface area contributed by atoms with Gasteiger partial charge in [0.2, 0.25) is 5.91 Å². The van der Waals surface area contributed by atoms with Crippen LogP contribution in [0.1, 0.15) is 32.6 Å². The molecule has 1 saturated carbocycles. The number of rotatable bonds is 3. The van der Waals surface area contributed by atoms with Crippen LogP contribution >= 0.6 is 0 Å². The average Bonchev–Trinajstić information content (AvgIpc) is 2.26. The lowest BCUT2D eigenvalue weighted by Crippen LogP contribution is -2.40. The van der Waals surface area contributed by atoms with Crippen molar-refractivity contribution in [1.29, 1.82) is 0 Å². The molecule has 3 unspecified atom stereocenters. The van der Waals surface area contributed by atoms with Crippen molar-refractivity contribution in [3.63, 3.8) is 0 Å². The fourth-order valence-electron chi connectivity index (χ4n) is 2.51. The van der Waals surface area contributed by atoms with Gasteiger partial charge in [0.05, 0.1) is 12.0 Å². The Morgan fingerprint density at radius 2 is 2.06 bits per heavy atom. The highest BCUT2D eigenvalue weighted by Crippen LogP contribution is 2.40. The van der Waals surface area contributed by atoms with Gasteiger partial charge in [-0.3, -0.25) is 4.79 Å². The second-order valence-electron chi connectivity index (χ2n) is 5.17. The van der Waals surface area contributed by atoms with Crippen LogP contribution < -0.4 is 0 Å². The summed E-state index contributed by atoms with van der Waals surface area (Å²) in [7, 11) is 1.52. The Morgan fingerprint density at radius 3 is 2.56 bits per heavy atom. The number of hydrogen-bond donors (Lipinski definition) is 1. The number of aliphatic hydroxyl groups is 1. The maximum atomic E-state index is 12.6. The first-order valence-corrected chi connectivity index (χ1v) is 6.21. The van der Waals surface area contributed by atoms with E-state index in [0.717, 1.165) is 0 Å². The minimum atomic E-state index is -4.21. The summed E-state index contributed by atoms with van der Waals surface area (Å²) in [6.07, 6.45) is -3.93. The smallest absolute Gasteiger partial charge is 0.391 e. The van der Waals surface area contributed by atoms with E-state index in [2.05, 4.69) is 0 Å². The molecule has 106 valence electrons. The molecule has 1 aliphatic carbocycles. The molecular formula is C12H20F3NO2. The van der Waals surface area contributed by atoms with Gasteiger partial charge in [0.15, 0.2) is 0 Å². The van der Waals surface area contributed by atoms with E-state index in [1.165, 1.54) is 11.9 Å². The molecule has 0 saturated heterocycles. The van der Waals surface area contributed by atoms with Crippen LogP contribution in [0.3, 0.4) is 0 Å². The van der Waals surface area contributed by atoms with Gasteiger partial charge in [-0.15, -0.1) is 0 Å². The molecule has 0 radical (unpaired) electrons. The first-order valence-electron chi connectivity index (χ1n) is 6.21. The van der Waals surface area contributed by atoms with Crippen molar-refractivity contribution in [2.75, 3.05) is 13.6 Å². The van der Waals surface area contributed by atoms with E-state index in [4.69, 9.17) is 0 Å². The van der Waals surface area contributed by atoms with Crippen LogP contribution in [0.4, 0.5) is 13.2 Å². The molecule has 0 heterocycles. The number of aliphatic hydroxyl groups excluding tert-OH is 1. The highest BCUT2D eigenvalue weighted by molar-refractivity contribution is 5.78. The Hall–Kier alpha value is -0.780. The Balaban J connectivity index is 2.58. The summed E-state index contributed by atoms with van der Waals surface area (Å²) in [5.41, 5.74) is 0. The van der Waals surface area contributed by atoms with Crippen molar-refractivity contribution in [3.05, 3.63) is 0 Å². The number of alkyl halides is 3. The van der Waals surface area contributed by atoms with Crippen LogP contribution in [0, 0.1) is 11.8 Å². The molecule has 0 aromatic rings. The van der Waals surface area contributed by atoms with Crippen molar-refractivity contribution >= 4 is 5.91 Å². The van der Waals surface area contributed by atoms with Gasteiger partial charge >= 0.3 is 6.18 Å². The molecule has 3 atom stereocenters. The molecular weight excluding hydrogens is 247 g/mol. The molecule has 1 N–H and O–H groups in total. The van der Waals surface area contributed by atoms with Gasteiger partial charge in [-0.05, 0) is 26.2 Å².